The molecule has 0 saturated carbocycles. The summed E-state index contributed by atoms with van der Waals surface area (Å²) in [6.07, 6.45) is 1.46. The highest BCUT2D eigenvalue weighted by Gasteiger charge is 2.29. The van der Waals surface area contributed by atoms with E-state index in [-0.39, 0.29) is 11.8 Å². The van der Waals surface area contributed by atoms with Gasteiger partial charge in [0.1, 0.15) is 22.6 Å². The molecule has 0 unspecified atom stereocenters. The second kappa shape index (κ2) is 8.22. The number of esters is 1. The summed E-state index contributed by atoms with van der Waals surface area (Å²) in [4.78, 5) is 32.9. The van der Waals surface area contributed by atoms with Crippen molar-refractivity contribution in [1.82, 2.24) is 9.88 Å². The van der Waals surface area contributed by atoms with Gasteiger partial charge in [-0.3, -0.25) is 4.79 Å². The number of hydrogen-bond acceptors (Lipinski definition) is 7. The van der Waals surface area contributed by atoms with E-state index in [2.05, 4.69) is 9.88 Å². The van der Waals surface area contributed by atoms with Crippen molar-refractivity contribution in [1.29, 1.82) is 0 Å². The lowest BCUT2D eigenvalue weighted by molar-refractivity contribution is -0.135. The highest BCUT2D eigenvalue weighted by atomic mass is 16.5. The predicted octanol–water partition coefficient (Wildman–Crippen LogP) is 3.39. The maximum atomic E-state index is 12.9. The molecule has 8 heteroatoms. The van der Waals surface area contributed by atoms with Gasteiger partial charge < -0.3 is 23.4 Å². The van der Waals surface area contributed by atoms with Crippen molar-refractivity contribution in [2.75, 3.05) is 32.1 Å². The number of ether oxygens (including phenoxy) is 1. The number of carbonyl (C=O) groups excluding carboxylic acids is 2. The predicted molar refractivity (Wildman–Crippen MR) is 110 cm³/mol. The molecule has 1 saturated heterocycles. The third-order valence-corrected chi connectivity index (χ3v) is 5.54. The summed E-state index contributed by atoms with van der Waals surface area (Å²) in [6, 6.07) is 9.93. The van der Waals surface area contributed by atoms with E-state index in [0.29, 0.717) is 42.7 Å². The van der Waals surface area contributed by atoms with Crippen LogP contribution >= 0.6 is 0 Å². The van der Waals surface area contributed by atoms with E-state index < -0.39 is 5.97 Å². The highest BCUT2D eigenvalue weighted by molar-refractivity contribution is 5.90. The molecule has 0 aliphatic carbocycles. The van der Waals surface area contributed by atoms with Crippen LogP contribution in [-0.2, 0) is 16.1 Å². The molecule has 3 heterocycles. The van der Waals surface area contributed by atoms with Crippen LogP contribution in [0.3, 0.4) is 0 Å². The van der Waals surface area contributed by atoms with Crippen LogP contribution in [0.4, 0.5) is 6.01 Å². The maximum Gasteiger partial charge on any atom is 0.341 e. The first-order valence-electron chi connectivity index (χ1n) is 9.99. The minimum atomic E-state index is -0.442. The van der Waals surface area contributed by atoms with Crippen LogP contribution in [0, 0.1) is 12.8 Å². The van der Waals surface area contributed by atoms with Crippen LogP contribution in [0.5, 0.6) is 0 Å². The highest BCUT2D eigenvalue weighted by Crippen LogP contribution is 2.27. The Morgan fingerprint density at radius 3 is 2.67 bits per heavy atom. The number of benzene rings is 1. The van der Waals surface area contributed by atoms with Gasteiger partial charge in [-0.2, -0.15) is 4.98 Å². The fourth-order valence-electron chi connectivity index (χ4n) is 3.87. The van der Waals surface area contributed by atoms with Gasteiger partial charge in [-0.05, 0) is 38.0 Å². The van der Waals surface area contributed by atoms with Gasteiger partial charge in [-0.25, -0.2) is 4.79 Å². The molecule has 158 valence electrons. The molecule has 2 aromatic heterocycles. The van der Waals surface area contributed by atoms with Gasteiger partial charge >= 0.3 is 5.97 Å². The Kier molecular flexibility index (Phi) is 5.48. The maximum absolute atomic E-state index is 12.9. The number of anilines is 1. The van der Waals surface area contributed by atoms with Crippen LogP contribution < -0.4 is 4.90 Å². The lowest BCUT2D eigenvalue weighted by Gasteiger charge is -2.32. The normalized spacial score (nSPS) is 14.8. The van der Waals surface area contributed by atoms with E-state index in [0.717, 1.165) is 23.9 Å². The molecule has 30 heavy (non-hydrogen) atoms. The smallest absolute Gasteiger partial charge is 0.341 e. The molecule has 1 amide bonds. The SMILES string of the molecule is COC(=O)c1cc(CN(C)C(=O)C2CCN(c3nc4ccccc4o3)CC2)oc1C. The first-order valence-corrected chi connectivity index (χ1v) is 9.99. The summed E-state index contributed by atoms with van der Waals surface area (Å²) >= 11 is 0. The van der Waals surface area contributed by atoms with Crippen LogP contribution in [0.15, 0.2) is 39.2 Å². The van der Waals surface area contributed by atoms with Gasteiger partial charge in [0.05, 0.1) is 13.7 Å². The molecule has 1 aromatic carbocycles. The van der Waals surface area contributed by atoms with Crippen molar-refractivity contribution >= 4 is 29.0 Å². The molecule has 0 atom stereocenters. The van der Waals surface area contributed by atoms with Gasteiger partial charge in [0.25, 0.3) is 6.01 Å². The summed E-state index contributed by atoms with van der Waals surface area (Å²) in [5, 5.41) is 0. The molecule has 3 aromatic rings. The first kappa shape index (κ1) is 20.0. The van der Waals surface area contributed by atoms with E-state index in [4.69, 9.17) is 13.6 Å². The number of fused-ring (bicyclic) bond motifs is 1. The Balaban J connectivity index is 1.35. The molecule has 8 nitrogen and oxygen atoms in total. The number of rotatable bonds is 5. The zero-order valence-corrected chi connectivity index (χ0v) is 17.4. The number of furan rings is 1. The summed E-state index contributed by atoms with van der Waals surface area (Å²) in [5.41, 5.74) is 2.00. The zero-order chi connectivity index (χ0) is 21.3. The van der Waals surface area contributed by atoms with Crippen molar-refractivity contribution in [2.24, 2.45) is 5.92 Å². The minimum absolute atomic E-state index is 0.0632. The average Bonchev–Trinajstić information content (AvgIpc) is 3.36. The molecule has 1 aliphatic heterocycles. The van der Waals surface area contributed by atoms with E-state index in [9.17, 15) is 9.59 Å². The monoisotopic (exact) mass is 411 g/mol. The van der Waals surface area contributed by atoms with Crippen molar-refractivity contribution in [3.8, 4) is 0 Å². The molecule has 1 aliphatic rings. The Morgan fingerprint density at radius 1 is 1.23 bits per heavy atom. The number of carbonyl (C=O) groups is 2. The minimum Gasteiger partial charge on any atom is -0.465 e. The number of hydrogen-bond donors (Lipinski definition) is 0. The lowest BCUT2D eigenvalue weighted by atomic mass is 9.95. The molecular weight excluding hydrogens is 386 g/mol. The second-order valence-corrected chi connectivity index (χ2v) is 7.59. The van der Waals surface area contributed by atoms with Crippen LogP contribution in [0.2, 0.25) is 0 Å². The summed E-state index contributed by atoms with van der Waals surface area (Å²) in [7, 11) is 3.09. The average molecular weight is 411 g/mol. The van der Waals surface area contributed by atoms with Crippen molar-refractivity contribution in [3.05, 3.63) is 47.4 Å². The number of aryl methyl sites for hydroxylation is 1. The molecule has 1 fully saturated rings. The Morgan fingerprint density at radius 2 is 1.97 bits per heavy atom. The standard InChI is InChI=1S/C22H25N3O5/c1-14-17(21(27)28-3)12-16(29-14)13-24(2)20(26)15-8-10-25(11-9-15)22-23-18-6-4-5-7-19(18)30-22/h4-7,12,15H,8-11,13H2,1-3H3. The number of aromatic nitrogens is 1. The van der Waals surface area contributed by atoms with E-state index >= 15 is 0 Å². The van der Waals surface area contributed by atoms with Gasteiger partial charge in [-0.1, -0.05) is 12.1 Å². The number of piperidine rings is 1. The summed E-state index contributed by atoms with van der Waals surface area (Å²) in [6.45, 7) is 3.44. The van der Waals surface area contributed by atoms with Gasteiger partial charge in [0, 0.05) is 26.1 Å². The summed E-state index contributed by atoms with van der Waals surface area (Å²) in [5.74, 6) is 0.618. The zero-order valence-electron chi connectivity index (χ0n) is 17.4. The molecule has 4 rings (SSSR count). The number of para-hydroxylation sites is 2. The van der Waals surface area contributed by atoms with Crippen molar-refractivity contribution < 1.29 is 23.2 Å². The number of methoxy groups -OCH3 is 1. The summed E-state index contributed by atoms with van der Waals surface area (Å²) < 4.78 is 16.2. The van der Waals surface area contributed by atoms with Gasteiger partial charge in [0.15, 0.2) is 5.58 Å². The molecule has 0 spiro atoms. The number of nitrogens with zero attached hydrogens (tertiary/aromatic N) is 3. The Bertz CT molecular complexity index is 1030. The quantitative estimate of drug-likeness (QED) is 0.595. The van der Waals surface area contributed by atoms with Crippen LogP contribution in [-0.4, -0.2) is 49.0 Å². The van der Waals surface area contributed by atoms with E-state index in [1.54, 1.807) is 24.9 Å². The van der Waals surface area contributed by atoms with Gasteiger partial charge in [0.2, 0.25) is 5.91 Å². The van der Waals surface area contributed by atoms with E-state index in [1.165, 1.54) is 7.11 Å². The fourth-order valence-corrected chi connectivity index (χ4v) is 3.87. The number of oxazole rings is 1. The third kappa shape index (κ3) is 3.90. The Labute approximate surface area is 174 Å². The molecule has 0 bridgehead atoms. The van der Waals surface area contributed by atoms with Crippen LogP contribution in [0.1, 0.15) is 34.7 Å². The Hall–Kier alpha value is -3.29. The first-order chi connectivity index (χ1) is 14.5. The second-order valence-electron chi connectivity index (χ2n) is 7.59. The van der Waals surface area contributed by atoms with Crippen LogP contribution in [0.25, 0.3) is 11.1 Å². The molecule has 0 radical (unpaired) electrons. The van der Waals surface area contributed by atoms with Crippen molar-refractivity contribution in [3.63, 3.8) is 0 Å². The largest absolute Gasteiger partial charge is 0.465 e. The number of amides is 1. The fraction of sp³-hybridized carbons (Fsp3) is 0.409. The van der Waals surface area contributed by atoms with Gasteiger partial charge in [-0.15, -0.1) is 0 Å². The topological polar surface area (TPSA) is 89.0 Å². The molecule has 0 N–H and O–H groups in total. The molecular formula is C22H25N3O5. The third-order valence-electron chi connectivity index (χ3n) is 5.54. The van der Waals surface area contributed by atoms with Crippen molar-refractivity contribution in [2.45, 2.75) is 26.3 Å². The lowest BCUT2D eigenvalue weighted by Crippen LogP contribution is -2.41. The van der Waals surface area contributed by atoms with E-state index in [1.807, 2.05) is 24.3 Å².